The molecule has 3 rings (SSSR count). The first-order chi connectivity index (χ1) is 12.6. The van der Waals surface area contributed by atoms with Crippen LogP contribution in [0.15, 0.2) is 48.5 Å². The number of hydrogen-bond acceptors (Lipinski definition) is 3. The zero-order chi connectivity index (χ0) is 18.5. The average Bonchev–Trinajstić information content (AvgIpc) is 3.46. The lowest BCUT2D eigenvalue weighted by Gasteiger charge is -2.23. The molecule has 1 aliphatic carbocycles. The number of carbonyl (C=O) groups is 2. The first-order valence-electron chi connectivity index (χ1n) is 8.97. The molecule has 1 N–H and O–H groups in total. The highest BCUT2D eigenvalue weighted by molar-refractivity contribution is 5.96. The molecule has 0 heterocycles. The average molecular weight is 352 g/mol. The van der Waals surface area contributed by atoms with Crippen LogP contribution in [0.2, 0.25) is 0 Å². The van der Waals surface area contributed by atoms with E-state index in [1.165, 1.54) is 5.56 Å². The second kappa shape index (κ2) is 8.04. The molecule has 2 aromatic carbocycles. The van der Waals surface area contributed by atoms with Crippen LogP contribution in [-0.2, 0) is 11.3 Å². The summed E-state index contributed by atoms with van der Waals surface area (Å²) < 4.78 is 4.89. The Bertz CT molecular complexity index is 782. The zero-order valence-electron chi connectivity index (χ0n) is 15.2. The van der Waals surface area contributed by atoms with Crippen molar-refractivity contribution in [1.29, 1.82) is 0 Å². The van der Waals surface area contributed by atoms with E-state index in [9.17, 15) is 9.59 Å². The van der Waals surface area contributed by atoms with Gasteiger partial charge in [-0.15, -0.1) is 0 Å². The largest absolute Gasteiger partial charge is 0.450 e. The lowest BCUT2D eigenvalue weighted by molar-refractivity contribution is 0.0730. The standard InChI is InChI=1S/C21H24N2O3/c1-3-26-21(25)22-18-6-4-5-17(13-18)20(24)23(19-11-12-19)14-16-9-7-15(2)8-10-16/h4-10,13,19H,3,11-12,14H2,1-2H3,(H,22,25). The number of hydrogen-bond donors (Lipinski definition) is 1. The van der Waals surface area contributed by atoms with Crippen molar-refractivity contribution in [2.24, 2.45) is 0 Å². The highest BCUT2D eigenvalue weighted by Gasteiger charge is 2.33. The lowest BCUT2D eigenvalue weighted by Crippen LogP contribution is -2.32. The van der Waals surface area contributed by atoms with E-state index in [-0.39, 0.29) is 5.91 Å². The van der Waals surface area contributed by atoms with Gasteiger partial charge in [0.1, 0.15) is 0 Å². The van der Waals surface area contributed by atoms with Crippen molar-refractivity contribution in [2.75, 3.05) is 11.9 Å². The second-order valence-electron chi connectivity index (χ2n) is 6.58. The fourth-order valence-electron chi connectivity index (χ4n) is 2.82. The van der Waals surface area contributed by atoms with E-state index in [1.807, 2.05) is 4.90 Å². The Balaban J connectivity index is 1.75. The molecule has 0 aromatic heterocycles. The van der Waals surface area contributed by atoms with E-state index in [0.717, 1.165) is 18.4 Å². The van der Waals surface area contributed by atoms with Gasteiger partial charge < -0.3 is 9.64 Å². The Morgan fingerprint density at radius 1 is 1.15 bits per heavy atom. The summed E-state index contributed by atoms with van der Waals surface area (Å²) in [7, 11) is 0. The molecule has 136 valence electrons. The molecule has 0 saturated heterocycles. The zero-order valence-corrected chi connectivity index (χ0v) is 15.2. The molecule has 2 amide bonds. The van der Waals surface area contributed by atoms with Crippen LogP contribution in [0.4, 0.5) is 10.5 Å². The Morgan fingerprint density at radius 3 is 2.54 bits per heavy atom. The number of nitrogens with one attached hydrogen (secondary N) is 1. The molecule has 26 heavy (non-hydrogen) atoms. The minimum Gasteiger partial charge on any atom is -0.450 e. The van der Waals surface area contributed by atoms with Gasteiger partial charge in [-0.25, -0.2) is 4.79 Å². The Morgan fingerprint density at radius 2 is 1.88 bits per heavy atom. The third-order valence-corrected chi connectivity index (χ3v) is 4.35. The van der Waals surface area contributed by atoms with Crippen LogP contribution < -0.4 is 5.32 Å². The fraction of sp³-hybridized carbons (Fsp3) is 0.333. The van der Waals surface area contributed by atoms with Gasteiger partial charge in [-0.1, -0.05) is 35.9 Å². The summed E-state index contributed by atoms with van der Waals surface area (Å²) in [5, 5.41) is 2.65. The highest BCUT2D eigenvalue weighted by Crippen LogP contribution is 2.30. The minimum atomic E-state index is -0.518. The van der Waals surface area contributed by atoms with Gasteiger partial charge in [0.25, 0.3) is 5.91 Å². The van der Waals surface area contributed by atoms with Gasteiger partial charge in [-0.3, -0.25) is 10.1 Å². The summed E-state index contributed by atoms with van der Waals surface area (Å²) in [5.41, 5.74) is 3.45. The van der Waals surface area contributed by atoms with Gasteiger partial charge in [-0.2, -0.15) is 0 Å². The SMILES string of the molecule is CCOC(=O)Nc1cccc(C(=O)N(Cc2ccc(C)cc2)C2CC2)c1. The predicted octanol–water partition coefficient (Wildman–Crippen LogP) is 4.37. The maximum Gasteiger partial charge on any atom is 0.411 e. The topological polar surface area (TPSA) is 58.6 Å². The maximum absolute atomic E-state index is 13.0. The molecule has 0 aliphatic heterocycles. The normalized spacial score (nSPS) is 13.2. The summed E-state index contributed by atoms with van der Waals surface area (Å²) in [6, 6.07) is 15.6. The van der Waals surface area contributed by atoms with Crippen molar-refractivity contribution < 1.29 is 14.3 Å². The summed E-state index contributed by atoms with van der Waals surface area (Å²) in [4.78, 5) is 26.6. The van der Waals surface area contributed by atoms with Crippen LogP contribution in [0.5, 0.6) is 0 Å². The third kappa shape index (κ3) is 4.63. The van der Waals surface area contributed by atoms with E-state index in [0.29, 0.717) is 30.4 Å². The van der Waals surface area contributed by atoms with Gasteiger partial charge in [0.05, 0.1) is 6.61 Å². The molecular formula is C21H24N2O3. The van der Waals surface area contributed by atoms with Crippen LogP contribution in [0, 0.1) is 6.92 Å². The number of anilines is 1. The van der Waals surface area contributed by atoms with Crippen LogP contribution >= 0.6 is 0 Å². The first kappa shape index (κ1) is 18.0. The maximum atomic E-state index is 13.0. The minimum absolute atomic E-state index is 0.0133. The summed E-state index contributed by atoms with van der Waals surface area (Å²) in [6.07, 6.45) is 1.56. The number of nitrogens with zero attached hydrogens (tertiary/aromatic N) is 1. The molecule has 2 aromatic rings. The van der Waals surface area contributed by atoms with Crippen LogP contribution in [-0.4, -0.2) is 29.5 Å². The van der Waals surface area contributed by atoms with Crippen molar-refractivity contribution >= 4 is 17.7 Å². The van der Waals surface area contributed by atoms with Crippen molar-refractivity contribution in [1.82, 2.24) is 4.90 Å². The highest BCUT2D eigenvalue weighted by atomic mass is 16.5. The van der Waals surface area contributed by atoms with Crippen molar-refractivity contribution in [3.8, 4) is 0 Å². The lowest BCUT2D eigenvalue weighted by atomic mass is 10.1. The number of benzene rings is 2. The number of amides is 2. The Labute approximate surface area is 154 Å². The van der Waals surface area contributed by atoms with E-state index in [4.69, 9.17) is 4.74 Å². The summed E-state index contributed by atoms with van der Waals surface area (Å²) in [5.74, 6) is -0.0133. The number of rotatable bonds is 6. The third-order valence-electron chi connectivity index (χ3n) is 4.35. The number of carbonyl (C=O) groups excluding carboxylic acids is 2. The fourth-order valence-corrected chi connectivity index (χ4v) is 2.82. The molecule has 0 spiro atoms. The van der Waals surface area contributed by atoms with E-state index >= 15 is 0 Å². The van der Waals surface area contributed by atoms with E-state index in [2.05, 4.69) is 36.5 Å². The van der Waals surface area contributed by atoms with Gasteiger partial charge in [0.15, 0.2) is 0 Å². The van der Waals surface area contributed by atoms with E-state index in [1.54, 1.807) is 31.2 Å². The molecule has 0 bridgehead atoms. The first-order valence-corrected chi connectivity index (χ1v) is 8.97. The Hall–Kier alpha value is -2.82. The molecule has 0 atom stereocenters. The monoisotopic (exact) mass is 352 g/mol. The number of aryl methyl sites for hydroxylation is 1. The van der Waals surface area contributed by atoms with Crippen LogP contribution in [0.1, 0.15) is 41.3 Å². The van der Waals surface area contributed by atoms with Gasteiger partial charge >= 0.3 is 6.09 Å². The summed E-state index contributed by atoms with van der Waals surface area (Å²) in [6.45, 7) is 4.70. The van der Waals surface area contributed by atoms with Gasteiger partial charge in [-0.05, 0) is 50.5 Å². The second-order valence-corrected chi connectivity index (χ2v) is 6.58. The van der Waals surface area contributed by atoms with Gasteiger partial charge in [0.2, 0.25) is 0 Å². The number of ether oxygens (including phenoxy) is 1. The molecule has 0 unspecified atom stereocenters. The van der Waals surface area contributed by atoms with Crippen molar-refractivity contribution in [2.45, 2.75) is 39.3 Å². The predicted molar refractivity (Wildman–Crippen MR) is 101 cm³/mol. The van der Waals surface area contributed by atoms with Crippen molar-refractivity contribution in [3.05, 3.63) is 65.2 Å². The van der Waals surface area contributed by atoms with Crippen LogP contribution in [0.3, 0.4) is 0 Å². The summed E-state index contributed by atoms with van der Waals surface area (Å²) >= 11 is 0. The van der Waals surface area contributed by atoms with Crippen molar-refractivity contribution in [3.63, 3.8) is 0 Å². The molecule has 1 aliphatic rings. The van der Waals surface area contributed by atoms with E-state index < -0.39 is 6.09 Å². The molecule has 5 nitrogen and oxygen atoms in total. The molecule has 5 heteroatoms. The molecule has 1 fully saturated rings. The molecule has 1 saturated carbocycles. The molecule has 0 radical (unpaired) electrons. The Kier molecular flexibility index (Phi) is 5.56. The smallest absolute Gasteiger partial charge is 0.411 e. The quantitative estimate of drug-likeness (QED) is 0.840. The van der Waals surface area contributed by atoms with Gasteiger partial charge in [0, 0.05) is 23.8 Å². The van der Waals surface area contributed by atoms with Crippen LogP contribution in [0.25, 0.3) is 0 Å². The molecular weight excluding hydrogens is 328 g/mol.